The largest absolute Gasteiger partial charge is 0.486 e. The van der Waals surface area contributed by atoms with Crippen molar-refractivity contribution in [3.63, 3.8) is 0 Å². The molecule has 0 fully saturated rings. The number of nitrogens with zero attached hydrogens (tertiary/aromatic N) is 3. The summed E-state index contributed by atoms with van der Waals surface area (Å²) < 4.78 is 36.0. The molecule has 269 valence electrons. The van der Waals surface area contributed by atoms with Crippen LogP contribution in [0.25, 0.3) is 78.1 Å². The predicted molar refractivity (Wildman–Crippen MR) is 216 cm³/mol. The first kappa shape index (κ1) is 32.9. The minimum absolute atomic E-state index is 0. The van der Waals surface area contributed by atoms with Crippen molar-refractivity contribution >= 4 is 33.2 Å². The number of aryl methyl sites for hydroxylation is 1. The summed E-state index contributed by atoms with van der Waals surface area (Å²) in [5.74, 6) is 0.925. The Morgan fingerprint density at radius 2 is 1.43 bits per heavy atom. The van der Waals surface area contributed by atoms with E-state index in [4.69, 9.17) is 17.9 Å². The maximum atomic E-state index is 7.75. The van der Waals surface area contributed by atoms with Gasteiger partial charge in [-0.05, 0) is 82.0 Å². The van der Waals surface area contributed by atoms with Crippen LogP contribution in [0.2, 0.25) is 0 Å². The molecule has 5 nitrogen and oxygen atoms in total. The monoisotopic (exact) mass is 885 g/mol. The van der Waals surface area contributed by atoms with Gasteiger partial charge in [-0.3, -0.25) is 4.98 Å². The van der Waals surface area contributed by atoms with Crippen LogP contribution in [0, 0.1) is 19.0 Å². The van der Waals surface area contributed by atoms with E-state index in [0.29, 0.717) is 22.6 Å². The van der Waals surface area contributed by atoms with Gasteiger partial charge in [0.15, 0.2) is 0 Å². The zero-order chi connectivity index (χ0) is 39.0. The van der Waals surface area contributed by atoms with Crippen LogP contribution >= 0.6 is 0 Å². The van der Waals surface area contributed by atoms with Crippen LogP contribution in [0.15, 0.2) is 142 Å². The molecule has 0 atom stereocenters. The van der Waals surface area contributed by atoms with E-state index in [1.54, 1.807) is 18.3 Å². The molecule has 0 N–H and O–H groups in total. The van der Waals surface area contributed by atoms with Gasteiger partial charge in [-0.1, -0.05) is 99.8 Å². The van der Waals surface area contributed by atoms with Crippen molar-refractivity contribution in [2.24, 2.45) is 0 Å². The van der Waals surface area contributed by atoms with Gasteiger partial charge in [0.1, 0.15) is 11.5 Å². The van der Waals surface area contributed by atoms with Crippen molar-refractivity contribution in [3.8, 4) is 45.0 Å². The molecule has 9 rings (SSSR count). The van der Waals surface area contributed by atoms with Crippen LogP contribution in [-0.4, -0.2) is 15.0 Å². The molecule has 0 saturated heterocycles. The average Bonchev–Trinajstić information content (AvgIpc) is 3.83. The summed E-state index contributed by atoms with van der Waals surface area (Å²) in [6, 6.07) is 48.2. The fraction of sp³-hybridized carbons (Fsp3) is 0.146. The molecule has 0 aliphatic rings. The average molecular weight is 885 g/mol. The van der Waals surface area contributed by atoms with E-state index >= 15 is 0 Å². The van der Waals surface area contributed by atoms with Crippen LogP contribution in [0.1, 0.15) is 60.5 Å². The number of rotatable bonds is 6. The van der Waals surface area contributed by atoms with E-state index in [1.165, 1.54) is 33.9 Å². The molecular weight excluding hydrogens is 843 g/mol. The molecule has 0 unspecified atom stereocenters. The second kappa shape index (κ2) is 15.7. The number of furan rings is 1. The van der Waals surface area contributed by atoms with Gasteiger partial charge in [-0.25, -0.2) is 4.98 Å². The van der Waals surface area contributed by atoms with Crippen LogP contribution in [0.3, 0.4) is 0 Å². The maximum absolute atomic E-state index is 7.75. The molecule has 5 aromatic carbocycles. The fourth-order valence-electron chi connectivity index (χ4n) is 6.82. The molecule has 0 bridgehead atoms. The molecule has 0 amide bonds. The van der Waals surface area contributed by atoms with Gasteiger partial charge in [0.05, 0.1) is 11.1 Å². The Morgan fingerprint density at radius 1 is 0.648 bits per heavy atom. The van der Waals surface area contributed by atoms with Crippen LogP contribution in [0.5, 0.6) is 0 Å². The van der Waals surface area contributed by atoms with Crippen molar-refractivity contribution in [2.45, 2.75) is 46.4 Å². The van der Waals surface area contributed by atoms with Gasteiger partial charge in [0, 0.05) is 47.1 Å². The van der Waals surface area contributed by atoms with Gasteiger partial charge in [0.2, 0.25) is 5.71 Å². The molecule has 4 heterocycles. The fourth-order valence-corrected chi connectivity index (χ4v) is 6.82. The van der Waals surface area contributed by atoms with Crippen molar-refractivity contribution in [2.75, 3.05) is 0 Å². The van der Waals surface area contributed by atoms with E-state index in [1.807, 2.05) is 66.7 Å². The standard InChI is InChI=1S/C37H31N2O2.C11H8N.Ir/c1-21(2)30-19-25(24-11-7-6-8-12-24)20-31(22(3)4)33(30)28-14-10-16-32-35(28)41-37(39-32)29-15-9-13-26-27-18-17-23(5)38-36(27)40-34(26)29;1-2-6-10(7-3-1)11-8-4-5-9-12-11;/h6-14,16-22H,1-5H3;1-6,8-9H;/q2*-1;/i5D3;;. The van der Waals surface area contributed by atoms with E-state index in [2.05, 4.69) is 92.3 Å². The number of benzene rings is 5. The molecule has 0 aliphatic carbocycles. The SMILES string of the molecule is [2H]C([2H])([2H])c1ccc2c(n1)oc1c(-c3nc4cccc(-c5c(C(C)C)cc(-c6ccccc6)cc5C(C)C)c4o3)[c-]ccc12.[Ir].[c-]1ccccc1-c1ccccn1. The molecule has 0 saturated carbocycles. The first-order valence-corrected chi connectivity index (χ1v) is 17.8. The van der Waals surface area contributed by atoms with Gasteiger partial charge >= 0.3 is 0 Å². The normalized spacial score (nSPS) is 12.3. The first-order chi connectivity index (χ1) is 27.1. The summed E-state index contributed by atoms with van der Waals surface area (Å²) in [6.07, 6.45) is 1.79. The molecule has 9 aromatic rings. The second-order valence-corrected chi connectivity index (χ2v) is 13.6. The third-order valence-corrected chi connectivity index (χ3v) is 9.40. The van der Waals surface area contributed by atoms with Gasteiger partial charge in [0.25, 0.3) is 0 Å². The maximum Gasteiger partial charge on any atom is 0.216 e. The van der Waals surface area contributed by atoms with Crippen molar-refractivity contribution in [1.82, 2.24) is 15.0 Å². The molecule has 0 aliphatic heterocycles. The summed E-state index contributed by atoms with van der Waals surface area (Å²) in [4.78, 5) is 13.4. The Balaban J connectivity index is 0.000000326. The minimum Gasteiger partial charge on any atom is -0.486 e. The Kier molecular flexibility index (Phi) is 9.60. The van der Waals surface area contributed by atoms with Crippen LogP contribution in [0.4, 0.5) is 0 Å². The predicted octanol–water partition coefficient (Wildman–Crippen LogP) is 13.0. The molecule has 6 heteroatoms. The third kappa shape index (κ3) is 7.15. The summed E-state index contributed by atoms with van der Waals surface area (Å²) in [5, 5.41) is 1.52. The molecule has 1 radical (unpaired) electrons. The van der Waals surface area contributed by atoms with Crippen molar-refractivity contribution < 1.29 is 33.1 Å². The Bertz CT molecular complexity index is 2730. The quantitative estimate of drug-likeness (QED) is 0.156. The second-order valence-electron chi connectivity index (χ2n) is 13.6. The number of pyridine rings is 2. The summed E-state index contributed by atoms with van der Waals surface area (Å²) in [5.41, 5.74) is 11.8. The number of fused-ring (bicyclic) bond motifs is 4. The van der Waals surface area contributed by atoms with Gasteiger partial charge < -0.3 is 13.8 Å². The summed E-state index contributed by atoms with van der Waals surface area (Å²) >= 11 is 0. The van der Waals surface area contributed by atoms with E-state index in [-0.39, 0.29) is 43.3 Å². The van der Waals surface area contributed by atoms with Crippen LogP contribution in [-0.2, 0) is 20.1 Å². The number of hydrogen-bond acceptors (Lipinski definition) is 5. The van der Waals surface area contributed by atoms with E-state index < -0.39 is 6.85 Å². The topological polar surface area (TPSA) is 65.0 Å². The molecule has 4 aromatic heterocycles. The van der Waals surface area contributed by atoms with Crippen molar-refractivity contribution in [1.29, 1.82) is 0 Å². The first-order valence-electron chi connectivity index (χ1n) is 19.3. The van der Waals surface area contributed by atoms with Crippen molar-refractivity contribution in [3.05, 3.63) is 163 Å². The Labute approximate surface area is 333 Å². The number of aromatic nitrogens is 3. The van der Waals surface area contributed by atoms with Gasteiger partial charge in [-0.15, -0.1) is 54.1 Å². The Hall–Kier alpha value is -5.68. The molecule has 0 spiro atoms. The smallest absolute Gasteiger partial charge is 0.216 e. The van der Waals surface area contributed by atoms with Crippen LogP contribution < -0.4 is 0 Å². The third-order valence-electron chi connectivity index (χ3n) is 9.40. The summed E-state index contributed by atoms with van der Waals surface area (Å²) in [7, 11) is 0. The number of para-hydroxylation sites is 1. The van der Waals surface area contributed by atoms with E-state index in [0.717, 1.165) is 33.1 Å². The Morgan fingerprint density at radius 3 is 2.13 bits per heavy atom. The van der Waals surface area contributed by atoms with E-state index in [9.17, 15) is 0 Å². The minimum atomic E-state index is -2.33. The molecule has 54 heavy (non-hydrogen) atoms. The number of oxazole rings is 1. The summed E-state index contributed by atoms with van der Waals surface area (Å²) in [6.45, 7) is 6.58. The number of hydrogen-bond donors (Lipinski definition) is 0. The zero-order valence-electron chi connectivity index (χ0n) is 33.3. The zero-order valence-corrected chi connectivity index (χ0v) is 32.7. The molecular formula is C48H39IrN3O2-2. The van der Waals surface area contributed by atoms with Gasteiger partial charge in [-0.2, -0.15) is 0 Å².